The monoisotopic (exact) mass is 802 g/mol. The number of para-hydroxylation sites is 2. The second-order valence-electron chi connectivity index (χ2n) is 16.7. The molecule has 0 atom stereocenters. The molecule has 0 N–H and O–H groups in total. The summed E-state index contributed by atoms with van der Waals surface area (Å²) in [6.45, 7) is 0. The zero-order chi connectivity index (χ0) is 41.2. The molecule has 12 aromatic rings. The molecule has 1 spiro atoms. The molecule has 3 heterocycles. The van der Waals surface area contributed by atoms with E-state index in [9.17, 15) is 0 Å². The Morgan fingerprint density at radius 2 is 0.905 bits per heavy atom. The Hall–Kier alpha value is -8.41. The molecular formula is C58H34N4O. The van der Waals surface area contributed by atoms with E-state index in [1.807, 2.05) is 60.7 Å². The molecule has 2 aliphatic carbocycles. The van der Waals surface area contributed by atoms with Crippen LogP contribution in [0.5, 0.6) is 0 Å². The summed E-state index contributed by atoms with van der Waals surface area (Å²) < 4.78 is 8.63. The fraction of sp³-hybridized carbons (Fsp3) is 0.0172. The van der Waals surface area contributed by atoms with Gasteiger partial charge in [0.2, 0.25) is 0 Å². The molecule has 9 aromatic carbocycles. The van der Waals surface area contributed by atoms with Gasteiger partial charge in [0.25, 0.3) is 0 Å². The van der Waals surface area contributed by atoms with Crippen LogP contribution in [0.3, 0.4) is 0 Å². The molecule has 63 heavy (non-hydrogen) atoms. The van der Waals surface area contributed by atoms with Crippen LogP contribution in [0.1, 0.15) is 22.3 Å². The Bertz CT molecular complexity index is 3810. The highest BCUT2D eigenvalue weighted by Crippen LogP contribution is 2.64. The average Bonchev–Trinajstić information content (AvgIpc) is 4.08. The van der Waals surface area contributed by atoms with Crippen LogP contribution in [0.25, 0.3) is 106 Å². The van der Waals surface area contributed by atoms with Crippen molar-refractivity contribution in [2.24, 2.45) is 0 Å². The fourth-order valence-corrected chi connectivity index (χ4v) is 10.9. The summed E-state index contributed by atoms with van der Waals surface area (Å²) in [7, 11) is 0. The van der Waals surface area contributed by atoms with Gasteiger partial charge in [0, 0.05) is 49.5 Å². The number of hydrogen-bond donors (Lipinski definition) is 0. The highest BCUT2D eigenvalue weighted by atomic mass is 16.3. The summed E-state index contributed by atoms with van der Waals surface area (Å²) in [5, 5.41) is 4.55. The molecule has 0 saturated carbocycles. The minimum atomic E-state index is -0.430. The standard InChI is InChI=1S/C58H34N4O/c1-2-14-35(15-3-1)55-59-56(61-57(60-55)37-28-33-52-45(34-37)42-19-8-13-25-51(42)63-52)36-26-29-38(30-27-36)62-50-24-12-7-18-41(50)43-31-32-49-53(54(43)62)44-20-6-11-23-48(44)58(49)46-21-9-4-16-39(46)40-17-5-10-22-47(40)58/h1-34H. The van der Waals surface area contributed by atoms with Gasteiger partial charge in [0.1, 0.15) is 11.2 Å². The van der Waals surface area contributed by atoms with E-state index >= 15 is 0 Å². The fourth-order valence-electron chi connectivity index (χ4n) is 10.9. The van der Waals surface area contributed by atoms with Crippen molar-refractivity contribution < 1.29 is 4.42 Å². The Balaban J connectivity index is 0.970. The minimum Gasteiger partial charge on any atom is -0.456 e. The zero-order valence-corrected chi connectivity index (χ0v) is 33.8. The van der Waals surface area contributed by atoms with Crippen molar-refractivity contribution in [2.45, 2.75) is 5.41 Å². The second kappa shape index (κ2) is 12.8. The van der Waals surface area contributed by atoms with Crippen molar-refractivity contribution in [3.05, 3.63) is 229 Å². The van der Waals surface area contributed by atoms with Gasteiger partial charge >= 0.3 is 0 Å². The third-order valence-corrected chi connectivity index (χ3v) is 13.5. The molecule has 5 heteroatoms. The third kappa shape index (κ3) is 4.68. The zero-order valence-electron chi connectivity index (χ0n) is 33.8. The van der Waals surface area contributed by atoms with Gasteiger partial charge in [-0.1, -0.05) is 152 Å². The van der Waals surface area contributed by atoms with Crippen molar-refractivity contribution in [3.63, 3.8) is 0 Å². The topological polar surface area (TPSA) is 56.7 Å². The van der Waals surface area contributed by atoms with Gasteiger partial charge in [-0.05, 0) is 93.5 Å². The molecule has 3 aromatic heterocycles. The van der Waals surface area contributed by atoms with Crippen molar-refractivity contribution in [3.8, 4) is 62.1 Å². The van der Waals surface area contributed by atoms with Gasteiger partial charge in [-0.3, -0.25) is 0 Å². The van der Waals surface area contributed by atoms with Crippen molar-refractivity contribution >= 4 is 43.7 Å². The molecule has 0 bridgehead atoms. The number of benzene rings is 9. The normalized spacial score (nSPS) is 13.2. The van der Waals surface area contributed by atoms with Crippen LogP contribution < -0.4 is 0 Å². The molecule has 5 nitrogen and oxygen atoms in total. The van der Waals surface area contributed by atoms with E-state index in [-0.39, 0.29) is 0 Å². The quantitative estimate of drug-likeness (QED) is 0.178. The van der Waals surface area contributed by atoms with E-state index in [2.05, 4.69) is 150 Å². The highest BCUT2D eigenvalue weighted by molar-refractivity contribution is 6.16. The lowest BCUT2D eigenvalue weighted by molar-refractivity contribution is 0.669. The van der Waals surface area contributed by atoms with Gasteiger partial charge in [-0.25, -0.2) is 15.0 Å². The first-order valence-corrected chi connectivity index (χ1v) is 21.4. The molecule has 0 aliphatic heterocycles. The largest absolute Gasteiger partial charge is 0.456 e. The predicted octanol–water partition coefficient (Wildman–Crippen LogP) is 14.2. The van der Waals surface area contributed by atoms with E-state index in [4.69, 9.17) is 19.4 Å². The number of hydrogen-bond acceptors (Lipinski definition) is 4. The molecule has 292 valence electrons. The van der Waals surface area contributed by atoms with E-state index < -0.39 is 5.41 Å². The van der Waals surface area contributed by atoms with Crippen molar-refractivity contribution in [1.82, 2.24) is 19.5 Å². The van der Waals surface area contributed by atoms with Crippen LogP contribution in [0.4, 0.5) is 0 Å². The average molecular weight is 803 g/mol. The minimum absolute atomic E-state index is 0.430. The van der Waals surface area contributed by atoms with Crippen molar-refractivity contribution in [2.75, 3.05) is 0 Å². The molecule has 0 unspecified atom stereocenters. The Morgan fingerprint density at radius 1 is 0.365 bits per heavy atom. The number of fused-ring (bicyclic) bond motifs is 17. The summed E-state index contributed by atoms with van der Waals surface area (Å²) >= 11 is 0. The molecule has 2 aliphatic rings. The number of furan rings is 1. The van der Waals surface area contributed by atoms with Gasteiger partial charge in [-0.2, -0.15) is 0 Å². The molecule has 0 amide bonds. The summed E-state index contributed by atoms with van der Waals surface area (Å²) in [6.07, 6.45) is 0. The van der Waals surface area contributed by atoms with Gasteiger partial charge in [-0.15, -0.1) is 0 Å². The smallest absolute Gasteiger partial charge is 0.164 e. The Morgan fingerprint density at radius 3 is 1.63 bits per heavy atom. The van der Waals surface area contributed by atoms with E-state index in [1.165, 1.54) is 60.8 Å². The maximum Gasteiger partial charge on any atom is 0.164 e. The molecule has 0 saturated heterocycles. The van der Waals surface area contributed by atoms with Crippen LogP contribution in [-0.4, -0.2) is 19.5 Å². The first-order valence-electron chi connectivity index (χ1n) is 21.4. The number of rotatable bonds is 4. The molecule has 0 fully saturated rings. The lowest BCUT2D eigenvalue weighted by atomic mass is 9.70. The van der Waals surface area contributed by atoms with Crippen LogP contribution in [0.15, 0.2) is 211 Å². The van der Waals surface area contributed by atoms with Crippen LogP contribution in [0.2, 0.25) is 0 Å². The summed E-state index contributed by atoms with van der Waals surface area (Å²) in [5.74, 6) is 1.84. The second-order valence-corrected chi connectivity index (χ2v) is 16.7. The number of aromatic nitrogens is 4. The lowest BCUT2D eigenvalue weighted by Crippen LogP contribution is -2.25. The highest BCUT2D eigenvalue weighted by Gasteiger charge is 2.52. The van der Waals surface area contributed by atoms with E-state index in [0.717, 1.165) is 49.8 Å². The van der Waals surface area contributed by atoms with Crippen LogP contribution >= 0.6 is 0 Å². The van der Waals surface area contributed by atoms with Gasteiger partial charge in [0.15, 0.2) is 17.5 Å². The molecule has 0 radical (unpaired) electrons. The maximum absolute atomic E-state index is 6.16. The molecular weight excluding hydrogens is 769 g/mol. The van der Waals surface area contributed by atoms with E-state index in [0.29, 0.717) is 17.5 Å². The first kappa shape index (κ1) is 34.3. The number of nitrogens with zero attached hydrogens (tertiary/aromatic N) is 4. The van der Waals surface area contributed by atoms with E-state index in [1.54, 1.807) is 0 Å². The maximum atomic E-state index is 6.16. The SMILES string of the molecule is c1ccc(-c2nc(-c3ccc(-n4c5ccccc5c5ccc6c(c54)-c4ccccc4C64c5ccccc5-c5ccccc54)cc3)nc(-c3ccc4oc5ccccc5c4c3)n2)cc1. The first-order chi connectivity index (χ1) is 31.2. The van der Waals surface area contributed by atoms with Gasteiger partial charge < -0.3 is 8.98 Å². The molecule has 14 rings (SSSR count). The van der Waals surface area contributed by atoms with Crippen molar-refractivity contribution in [1.29, 1.82) is 0 Å². The lowest BCUT2D eigenvalue weighted by Gasteiger charge is -2.30. The predicted molar refractivity (Wildman–Crippen MR) is 254 cm³/mol. The summed E-state index contributed by atoms with van der Waals surface area (Å²) in [6, 6.07) is 73.8. The Kier molecular flexibility index (Phi) is 6.97. The summed E-state index contributed by atoms with van der Waals surface area (Å²) in [5.41, 5.74) is 17.9. The van der Waals surface area contributed by atoms with Crippen LogP contribution in [0, 0.1) is 0 Å². The Labute approximate surface area is 362 Å². The van der Waals surface area contributed by atoms with Crippen LogP contribution in [-0.2, 0) is 5.41 Å². The van der Waals surface area contributed by atoms with Gasteiger partial charge in [0.05, 0.1) is 16.4 Å². The third-order valence-electron chi connectivity index (χ3n) is 13.5. The summed E-state index contributed by atoms with van der Waals surface area (Å²) in [4.78, 5) is 15.3.